The van der Waals surface area contributed by atoms with Gasteiger partial charge in [0.15, 0.2) is 0 Å². The van der Waals surface area contributed by atoms with Crippen molar-refractivity contribution in [2.75, 3.05) is 13.7 Å². The molecule has 0 aliphatic carbocycles. The van der Waals surface area contributed by atoms with Crippen molar-refractivity contribution >= 4 is 17.4 Å². The maximum absolute atomic E-state index is 11.1. The number of methoxy groups -OCH3 is 1. The van der Waals surface area contributed by atoms with Crippen LogP contribution >= 0.6 is 11.6 Å². The molecular formula is C14H20ClNO3. The Kier molecular flexibility index (Phi) is 6.28. The molecule has 1 unspecified atom stereocenters. The fourth-order valence-electron chi connectivity index (χ4n) is 1.63. The lowest BCUT2D eigenvalue weighted by atomic mass is 10.0. The van der Waals surface area contributed by atoms with Crippen molar-refractivity contribution in [2.24, 2.45) is 11.7 Å². The highest BCUT2D eigenvalue weighted by Gasteiger charge is 2.17. The van der Waals surface area contributed by atoms with Crippen LogP contribution in [0.3, 0.4) is 0 Å². The fraction of sp³-hybridized carbons (Fsp3) is 0.500. The van der Waals surface area contributed by atoms with Crippen LogP contribution in [0.25, 0.3) is 0 Å². The zero-order valence-electron chi connectivity index (χ0n) is 11.5. The molecule has 5 heteroatoms. The molecule has 0 aliphatic rings. The standard InChI is InChI=1S/C14H20ClNO3/c1-9(14(16)10(2)17)7-19-8-11-4-5-12(18-3)6-13(11)15/h4-6,9,14H,7-8,16H2,1-3H3/t9?,14-/m0/s1. The summed E-state index contributed by atoms with van der Waals surface area (Å²) in [7, 11) is 1.59. The Morgan fingerprint density at radius 1 is 1.47 bits per heavy atom. The Bertz CT molecular complexity index is 437. The van der Waals surface area contributed by atoms with E-state index in [4.69, 9.17) is 26.8 Å². The van der Waals surface area contributed by atoms with Crippen LogP contribution in [0, 0.1) is 5.92 Å². The van der Waals surface area contributed by atoms with Gasteiger partial charge in [-0.05, 0) is 24.6 Å². The van der Waals surface area contributed by atoms with Crippen LogP contribution in [0.1, 0.15) is 19.4 Å². The summed E-state index contributed by atoms with van der Waals surface area (Å²) in [6, 6.07) is 4.95. The topological polar surface area (TPSA) is 61.6 Å². The number of nitrogens with two attached hydrogens (primary N) is 1. The molecule has 0 fully saturated rings. The second-order valence-electron chi connectivity index (χ2n) is 4.59. The second-order valence-corrected chi connectivity index (χ2v) is 4.99. The largest absolute Gasteiger partial charge is 0.497 e. The number of carbonyl (C=O) groups is 1. The lowest BCUT2D eigenvalue weighted by molar-refractivity contribution is -0.119. The van der Waals surface area contributed by atoms with Gasteiger partial charge >= 0.3 is 0 Å². The summed E-state index contributed by atoms with van der Waals surface area (Å²) < 4.78 is 10.6. The van der Waals surface area contributed by atoms with Crippen molar-refractivity contribution in [3.63, 3.8) is 0 Å². The number of benzene rings is 1. The highest BCUT2D eigenvalue weighted by atomic mass is 35.5. The molecule has 0 bridgehead atoms. The number of Topliss-reactive ketones (excluding diaryl/α,β-unsaturated/α-hetero) is 1. The number of halogens is 1. The van der Waals surface area contributed by atoms with E-state index in [0.717, 1.165) is 5.56 Å². The van der Waals surface area contributed by atoms with E-state index in [0.29, 0.717) is 24.0 Å². The zero-order valence-corrected chi connectivity index (χ0v) is 12.2. The molecular weight excluding hydrogens is 266 g/mol. The molecule has 1 aromatic rings. The van der Waals surface area contributed by atoms with Crippen molar-refractivity contribution in [3.8, 4) is 5.75 Å². The normalized spacial score (nSPS) is 13.9. The first-order chi connectivity index (χ1) is 8.95. The van der Waals surface area contributed by atoms with Gasteiger partial charge < -0.3 is 15.2 Å². The van der Waals surface area contributed by atoms with Crippen LogP contribution in [0.2, 0.25) is 5.02 Å². The highest BCUT2D eigenvalue weighted by Crippen LogP contribution is 2.23. The minimum absolute atomic E-state index is 0.0190. The first-order valence-corrected chi connectivity index (χ1v) is 6.49. The smallest absolute Gasteiger partial charge is 0.146 e. The Balaban J connectivity index is 2.47. The van der Waals surface area contributed by atoms with Gasteiger partial charge in [0.05, 0.1) is 26.4 Å². The van der Waals surface area contributed by atoms with E-state index in [-0.39, 0.29) is 11.7 Å². The molecule has 106 valence electrons. The van der Waals surface area contributed by atoms with Crippen LogP contribution in [0.5, 0.6) is 5.75 Å². The number of carbonyl (C=O) groups excluding carboxylic acids is 1. The third-order valence-electron chi connectivity index (χ3n) is 2.98. The van der Waals surface area contributed by atoms with Gasteiger partial charge in [0.1, 0.15) is 11.5 Å². The summed E-state index contributed by atoms with van der Waals surface area (Å²) in [6.07, 6.45) is 0. The minimum Gasteiger partial charge on any atom is -0.497 e. The molecule has 1 aromatic carbocycles. The zero-order chi connectivity index (χ0) is 14.4. The van der Waals surface area contributed by atoms with Gasteiger partial charge in [-0.25, -0.2) is 0 Å². The van der Waals surface area contributed by atoms with Gasteiger partial charge in [-0.15, -0.1) is 0 Å². The lowest BCUT2D eigenvalue weighted by Crippen LogP contribution is -2.37. The van der Waals surface area contributed by atoms with Gasteiger partial charge in [-0.3, -0.25) is 4.79 Å². The number of rotatable bonds is 7. The molecule has 0 aliphatic heterocycles. The van der Waals surface area contributed by atoms with Crippen LogP contribution in [0.4, 0.5) is 0 Å². The van der Waals surface area contributed by atoms with Gasteiger partial charge in [0, 0.05) is 10.9 Å². The van der Waals surface area contributed by atoms with Crippen molar-refractivity contribution in [3.05, 3.63) is 28.8 Å². The molecule has 0 aromatic heterocycles. The molecule has 0 heterocycles. The molecule has 2 atom stereocenters. The van der Waals surface area contributed by atoms with Gasteiger partial charge in [-0.1, -0.05) is 24.6 Å². The molecule has 4 nitrogen and oxygen atoms in total. The molecule has 1 rings (SSSR count). The van der Waals surface area contributed by atoms with Crippen LogP contribution < -0.4 is 10.5 Å². The maximum Gasteiger partial charge on any atom is 0.146 e. The molecule has 2 N–H and O–H groups in total. The Morgan fingerprint density at radius 3 is 2.68 bits per heavy atom. The first kappa shape index (κ1) is 16.0. The molecule has 0 saturated carbocycles. The second kappa shape index (κ2) is 7.48. The summed E-state index contributed by atoms with van der Waals surface area (Å²) in [4.78, 5) is 11.1. The van der Waals surface area contributed by atoms with E-state index in [1.54, 1.807) is 13.2 Å². The highest BCUT2D eigenvalue weighted by molar-refractivity contribution is 6.31. The number of ketones is 1. The number of hydrogen-bond donors (Lipinski definition) is 1. The average molecular weight is 286 g/mol. The predicted molar refractivity (Wildman–Crippen MR) is 75.5 cm³/mol. The van der Waals surface area contributed by atoms with E-state index < -0.39 is 6.04 Å². The summed E-state index contributed by atoms with van der Waals surface area (Å²) in [5, 5.41) is 0.600. The summed E-state index contributed by atoms with van der Waals surface area (Å²) >= 11 is 6.10. The molecule has 0 spiro atoms. The number of hydrogen-bond acceptors (Lipinski definition) is 4. The van der Waals surface area contributed by atoms with E-state index >= 15 is 0 Å². The van der Waals surface area contributed by atoms with Crippen LogP contribution in [-0.2, 0) is 16.1 Å². The maximum atomic E-state index is 11.1. The van der Waals surface area contributed by atoms with Crippen molar-refractivity contribution in [2.45, 2.75) is 26.5 Å². The van der Waals surface area contributed by atoms with Gasteiger partial charge in [-0.2, -0.15) is 0 Å². The Morgan fingerprint density at radius 2 is 2.16 bits per heavy atom. The fourth-order valence-corrected chi connectivity index (χ4v) is 1.86. The summed E-state index contributed by atoms with van der Waals surface area (Å²) in [5.41, 5.74) is 6.62. The first-order valence-electron chi connectivity index (χ1n) is 6.12. The number of ether oxygens (including phenoxy) is 2. The van der Waals surface area contributed by atoms with Crippen molar-refractivity contribution in [1.82, 2.24) is 0 Å². The van der Waals surface area contributed by atoms with Crippen molar-refractivity contribution < 1.29 is 14.3 Å². The van der Waals surface area contributed by atoms with E-state index in [2.05, 4.69) is 0 Å². The van der Waals surface area contributed by atoms with E-state index in [1.807, 2.05) is 19.1 Å². The average Bonchev–Trinajstić information content (AvgIpc) is 2.39. The van der Waals surface area contributed by atoms with Crippen molar-refractivity contribution in [1.29, 1.82) is 0 Å². The van der Waals surface area contributed by atoms with Crippen LogP contribution in [0.15, 0.2) is 18.2 Å². The molecule has 0 radical (unpaired) electrons. The monoisotopic (exact) mass is 285 g/mol. The molecule has 0 amide bonds. The predicted octanol–water partition coefficient (Wildman–Crippen LogP) is 2.42. The lowest BCUT2D eigenvalue weighted by Gasteiger charge is -2.17. The SMILES string of the molecule is COc1ccc(COCC(C)[C@H](N)C(C)=O)c(Cl)c1. The minimum atomic E-state index is -0.480. The van der Waals surface area contributed by atoms with E-state index in [1.165, 1.54) is 6.92 Å². The van der Waals surface area contributed by atoms with E-state index in [9.17, 15) is 4.79 Å². The summed E-state index contributed by atoms with van der Waals surface area (Å²) in [5.74, 6) is 0.661. The molecule has 19 heavy (non-hydrogen) atoms. The third-order valence-corrected chi connectivity index (χ3v) is 3.33. The van der Waals surface area contributed by atoms with Gasteiger partial charge in [0.2, 0.25) is 0 Å². The summed E-state index contributed by atoms with van der Waals surface area (Å²) in [6.45, 7) is 4.18. The quantitative estimate of drug-likeness (QED) is 0.836. The Labute approximate surface area is 118 Å². The molecule has 0 saturated heterocycles. The van der Waals surface area contributed by atoms with Crippen LogP contribution in [-0.4, -0.2) is 25.5 Å². The Hall–Kier alpha value is -1.10. The van der Waals surface area contributed by atoms with Gasteiger partial charge in [0.25, 0.3) is 0 Å². The third kappa shape index (κ3) is 4.82.